The van der Waals surface area contributed by atoms with Gasteiger partial charge >= 0.3 is 0 Å². The smallest absolute Gasteiger partial charge is 0.252 e. The molecule has 0 atom stereocenters. The van der Waals surface area contributed by atoms with E-state index in [1.54, 1.807) is 19.5 Å². The van der Waals surface area contributed by atoms with E-state index in [4.69, 9.17) is 14.2 Å². The first-order valence-electron chi connectivity index (χ1n) is 10.1. The van der Waals surface area contributed by atoms with E-state index in [0.29, 0.717) is 25.3 Å². The van der Waals surface area contributed by atoms with Gasteiger partial charge in [-0.2, -0.15) is 0 Å². The highest BCUT2D eigenvalue weighted by Gasteiger charge is 2.39. The molecule has 1 N–H and O–H groups in total. The van der Waals surface area contributed by atoms with Gasteiger partial charge < -0.3 is 24.4 Å². The first-order chi connectivity index (χ1) is 14.2. The molecule has 2 fully saturated rings. The summed E-state index contributed by atoms with van der Waals surface area (Å²) in [5.74, 6) is 0.305. The highest BCUT2D eigenvalue weighted by molar-refractivity contribution is 5.94. The Morgan fingerprint density at radius 1 is 1.21 bits per heavy atom. The lowest BCUT2D eigenvalue weighted by Gasteiger charge is -2.38. The molecule has 1 aromatic carbocycles. The highest BCUT2D eigenvalue weighted by Crippen LogP contribution is 2.33. The number of hydrogen-bond donors (Lipinski definition) is 1. The number of methoxy groups -OCH3 is 1. The molecule has 7 heteroatoms. The maximum absolute atomic E-state index is 12.6. The largest absolute Gasteiger partial charge is 0.497 e. The van der Waals surface area contributed by atoms with Crippen LogP contribution in [0.3, 0.4) is 0 Å². The number of carbonyl (C=O) groups excluding carboxylic acids is 1. The van der Waals surface area contributed by atoms with Gasteiger partial charge in [0.2, 0.25) is 0 Å². The van der Waals surface area contributed by atoms with Gasteiger partial charge in [0.15, 0.2) is 5.79 Å². The van der Waals surface area contributed by atoms with E-state index >= 15 is 0 Å². The molecule has 154 valence electrons. The quantitative estimate of drug-likeness (QED) is 0.807. The fraction of sp³-hybridized carbons (Fsp3) is 0.455. The number of rotatable bonds is 6. The van der Waals surface area contributed by atoms with Crippen LogP contribution in [0.4, 0.5) is 5.69 Å². The number of anilines is 1. The van der Waals surface area contributed by atoms with Crippen LogP contribution in [0.5, 0.6) is 5.75 Å². The average molecular weight is 397 g/mol. The van der Waals surface area contributed by atoms with Crippen molar-refractivity contribution in [3.8, 4) is 5.75 Å². The third-order valence-corrected chi connectivity index (χ3v) is 5.52. The Labute approximate surface area is 171 Å². The van der Waals surface area contributed by atoms with Crippen LogP contribution < -0.4 is 15.0 Å². The van der Waals surface area contributed by atoms with Crippen LogP contribution in [0.2, 0.25) is 0 Å². The van der Waals surface area contributed by atoms with E-state index in [2.05, 4.69) is 15.2 Å². The van der Waals surface area contributed by atoms with Crippen molar-refractivity contribution >= 4 is 11.6 Å². The van der Waals surface area contributed by atoms with Crippen LogP contribution in [0.15, 0.2) is 42.7 Å². The summed E-state index contributed by atoms with van der Waals surface area (Å²) in [4.78, 5) is 19.1. The summed E-state index contributed by atoms with van der Waals surface area (Å²) >= 11 is 0. The molecular weight excluding hydrogens is 370 g/mol. The summed E-state index contributed by atoms with van der Waals surface area (Å²) in [7, 11) is 1.65. The minimum Gasteiger partial charge on any atom is -0.497 e. The lowest BCUT2D eigenvalue weighted by atomic mass is 10.0. The SMILES string of the molecule is COc1cccc(CCNC(=O)c2cncc(N3CCC4(CC3)OCCO4)c2)c1. The van der Waals surface area contributed by atoms with Crippen molar-refractivity contribution in [3.05, 3.63) is 53.9 Å². The Morgan fingerprint density at radius 3 is 2.76 bits per heavy atom. The minimum atomic E-state index is -0.404. The molecule has 1 amide bonds. The number of aromatic nitrogens is 1. The number of benzene rings is 1. The van der Waals surface area contributed by atoms with Crippen LogP contribution in [0, 0.1) is 0 Å². The van der Waals surface area contributed by atoms with Crippen molar-refractivity contribution in [2.75, 3.05) is 44.9 Å². The molecular formula is C22H27N3O4. The third kappa shape index (κ3) is 4.68. The lowest BCUT2D eigenvalue weighted by molar-refractivity contribution is -0.169. The summed E-state index contributed by atoms with van der Waals surface area (Å²) in [5.41, 5.74) is 2.65. The van der Waals surface area contributed by atoms with Gasteiger partial charge in [-0.3, -0.25) is 9.78 Å². The van der Waals surface area contributed by atoms with Crippen LogP contribution in [-0.2, 0) is 15.9 Å². The minimum absolute atomic E-state index is 0.113. The van der Waals surface area contributed by atoms with Gasteiger partial charge in [-0.1, -0.05) is 12.1 Å². The van der Waals surface area contributed by atoms with E-state index in [1.165, 1.54) is 0 Å². The molecule has 29 heavy (non-hydrogen) atoms. The number of ether oxygens (including phenoxy) is 3. The molecule has 1 spiro atoms. The Bertz CT molecular complexity index is 841. The molecule has 2 saturated heterocycles. The molecule has 3 heterocycles. The van der Waals surface area contributed by atoms with Gasteiger partial charge in [0.25, 0.3) is 5.91 Å². The molecule has 2 aromatic rings. The predicted molar refractivity (Wildman–Crippen MR) is 109 cm³/mol. The monoisotopic (exact) mass is 397 g/mol. The van der Waals surface area contributed by atoms with E-state index in [0.717, 1.165) is 49.4 Å². The maximum atomic E-state index is 12.6. The number of amides is 1. The molecule has 1 aromatic heterocycles. The van der Waals surface area contributed by atoms with Gasteiger partial charge in [-0.25, -0.2) is 0 Å². The van der Waals surface area contributed by atoms with Gasteiger partial charge in [-0.15, -0.1) is 0 Å². The summed E-state index contributed by atoms with van der Waals surface area (Å²) in [6.07, 6.45) is 5.80. The van der Waals surface area contributed by atoms with Gasteiger partial charge in [0.1, 0.15) is 5.75 Å². The number of nitrogens with one attached hydrogen (secondary N) is 1. The second-order valence-corrected chi connectivity index (χ2v) is 7.38. The van der Waals surface area contributed by atoms with Crippen molar-refractivity contribution in [1.29, 1.82) is 0 Å². The van der Waals surface area contributed by atoms with Gasteiger partial charge in [0.05, 0.1) is 37.8 Å². The summed E-state index contributed by atoms with van der Waals surface area (Å²) in [6, 6.07) is 9.77. The molecule has 2 aliphatic rings. The topological polar surface area (TPSA) is 72.9 Å². The highest BCUT2D eigenvalue weighted by atomic mass is 16.7. The number of piperidine rings is 1. The summed E-state index contributed by atoms with van der Waals surface area (Å²) in [5, 5.41) is 2.98. The van der Waals surface area contributed by atoms with Crippen LogP contribution in [-0.4, -0.2) is 56.6 Å². The van der Waals surface area contributed by atoms with Crippen LogP contribution >= 0.6 is 0 Å². The van der Waals surface area contributed by atoms with Crippen molar-refractivity contribution in [2.24, 2.45) is 0 Å². The van der Waals surface area contributed by atoms with E-state index in [1.807, 2.05) is 30.3 Å². The van der Waals surface area contributed by atoms with Gasteiger partial charge in [0, 0.05) is 38.7 Å². The Kier molecular flexibility index (Phi) is 5.97. The molecule has 2 aliphatic heterocycles. The van der Waals surface area contributed by atoms with E-state index in [9.17, 15) is 4.79 Å². The second-order valence-electron chi connectivity index (χ2n) is 7.38. The third-order valence-electron chi connectivity index (χ3n) is 5.52. The number of pyridine rings is 1. The van der Waals surface area contributed by atoms with Crippen LogP contribution in [0.25, 0.3) is 0 Å². The summed E-state index contributed by atoms with van der Waals surface area (Å²) in [6.45, 7) is 3.54. The van der Waals surface area contributed by atoms with Crippen molar-refractivity contribution in [3.63, 3.8) is 0 Å². The summed E-state index contributed by atoms with van der Waals surface area (Å²) < 4.78 is 16.8. The van der Waals surface area contributed by atoms with Crippen molar-refractivity contribution in [2.45, 2.75) is 25.0 Å². The maximum Gasteiger partial charge on any atom is 0.252 e. The average Bonchev–Trinajstić information content (AvgIpc) is 3.22. The first-order valence-corrected chi connectivity index (χ1v) is 10.1. The Morgan fingerprint density at radius 2 is 2.00 bits per heavy atom. The molecule has 0 aliphatic carbocycles. The van der Waals surface area contributed by atoms with Crippen molar-refractivity contribution in [1.82, 2.24) is 10.3 Å². The molecule has 0 radical (unpaired) electrons. The normalized spacial score (nSPS) is 18.0. The zero-order valence-corrected chi connectivity index (χ0v) is 16.7. The fourth-order valence-electron chi connectivity index (χ4n) is 3.87. The van der Waals surface area contributed by atoms with E-state index < -0.39 is 5.79 Å². The molecule has 0 bridgehead atoms. The van der Waals surface area contributed by atoms with Crippen molar-refractivity contribution < 1.29 is 19.0 Å². The zero-order chi connectivity index (χ0) is 20.1. The molecule has 0 unspecified atom stereocenters. The number of carbonyl (C=O) groups is 1. The first kappa shape index (κ1) is 19.7. The molecule has 0 saturated carbocycles. The van der Waals surface area contributed by atoms with E-state index in [-0.39, 0.29) is 5.91 Å². The standard InChI is InChI=1S/C22H27N3O4/c1-27-20-4-2-3-17(13-20)5-8-24-21(26)18-14-19(16-23-15-18)25-9-6-22(7-10-25)28-11-12-29-22/h2-4,13-16H,5-12H2,1H3,(H,24,26). The predicted octanol–water partition coefficient (Wildman–Crippen LogP) is 2.41. The fourth-order valence-corrected chi connectivity index (χ4v) is 3.87. The lowest BCUT2D eigenvalue weighted by Crippen LogP contribution is -2.45. The van der Waals surface area contributed by atoms with Gasteiger partial charge in [-0.05, 0) is 30.2 Å². The number of nitrogens with zero attached hydrogens (tertiary/aromatic N) is 2. The van der Waals surface area contributed by atoms with Crippen LogP contribution in [0.1, 0.15) is 28.8 Å². The second kappa shape index (κ2) is 8.80. The Balaban J connectivity index is 1.31. The molecule has 7 nitrogen and oxygen atoms in total. The molecule has 4 rings (SSSR count). The Hall–Kier alpha value is -2.64. The number of hydrogen-bond acceptors (Lipinski definition) is 6. The zero-order valence-electron chi connectivity index (χ0n) is 16.7.